The van der Waals surface area contributed by atoms with Crippen molar-refractivity contribution in [2.45, 2.75) is 50.9 Å². The van der Waals surface area contributed by atoms with Crippen LogP contribution in [-0.2, 0) is 0 Å². The highest BCUT2D eigenvalue weighted by Gasteiger charge is 2.28. The van der Waals surface area contributed by atoms with Crippen molar-refractivity contribution < 1.29 is 10.2 Å². The van der Waals surface area contributed by atoms with Gasteiger partial charge in [0.25, 0.3) is 0 Å². The second-order valence-electron chi connectivity index (χ2n) is 5.52. The Morgan fingerprint density at radius 2 is 2.00 bits per heavy atom. The van der Waals surface area contributed by atoms with Crippen molar-refractivity contribution in [2.75, 3.05) is 13.1 Å². The molecule has 0 aliphatic carbocycles. The molecule has 19 heavy (non-hydrogen) atoms. The predicted octanol–water partition coefficient (Wildman–Crippen LogP) is 2.35. The monoisotopic (exact) mass is 263 g/mol. The molecule has 1 aromatic rings. The van der Waals surface area contributed by atoms with E-state index in [9.17, 15) is 10.2 Å². The molecular weight excluding hydrogens is 238 g/mol. The maximum absolute atomic E-state index is 10.3. The van der Waals surface area contributed by atoms with E-state index in [1.807, 2.05) is 37.3 Å². The van der Waals surface area contributed by atoms with Gasteiger partial charge in [-0.1, -0.05) is 37.3 Å². The molecule has 3 unspecified atom stereocenters. The Bertz CT molecular complexity index is 368. The van der Waals surface area contributed by atoms with Gasteiger partial charge in [0, 0.05) is 12.6 Å². The number of likely N-dealkylation sites (tertiary alicyclic amines) is 1. The van der Waals surface area contributed by atoms with Crippen LogP contribution in [0.1, 0.15) is 44.3 Å². The first-order valence-electron chi connectivity index (χ1n) is 7.35. The number of rotatable bonds is 6. The third-order valence-corrected chi connectivity index (χ3v) is 4.10. The van der Waals surface area contributed by atoms with E-state index in [2.05, 4.69) is 4.90 Å². The standard InChI is InChI=1S/C16H25NO2/c1-2-15(18)12-17-10-6-9-14(17)11-16(19)13-7-4-3-5-8-13/h3-5,7-8,14-16,18-19H,2,6,9-12H2,1H3. The van der Waals surface area contributed by atoms with Crippen LogP contribution in [0.4, 0.5) is 0 Å². The highest BCUT2D eigenvalue weighted by molar-refractivity contribution is 5.17. The number of aliphatic hydroxyl groups is 2. The van der Waals surface area contributed by atoms with Gasteiger partial charge in [-0.15, -0.1) is 0 Å². The predicted molar refractivity (Wildman–Crippen MR) is 76.9 cm³/mol. The van der Waals surface area contributed by atoms with Crippen LogP contribution in [0, 0.1) is 0 Å². The number of β-amino-alcohol motifs (C(OH)–C–C–N with tert-alkyl or cyclic N) is 1. The smallest absolute Gasteiger partial charge is 0.0805 e. The van der Waals surface area contributed by atoms with E-state index < -0.39 is 6.10 Å². The summed E-state index contributed by atoms with van der Waals surface area (Å²) in [6, 6.07) is 10.2. The maximum Gasteiger partial charge on any atom is 0.0805 e. The normalized spacial score (nSPS) is 23.4. The lowest BCUT2D eigenvalue weighted by Gasteiger charge is -2.28. The van der Waals surface area contributed by atoms with E-state index >= 15 is 0 Å². The van der Waals surface area contributed by atoms with Gasteiger partial charge < -0.3 is 10.2 Å². The van der Waals surface area contributed by atoms with Crippen LogP contribution in [0.3, 0.4) is 0 Å². The molecule has 2 rings (SSSR count). The van der Waals surface area contributed by atoms with Crippen molar-refractivity contribution >= 4 is 0 Å². The largest absolute Gasteiger partial charge is 0.392 e. The van der Waals surface area contributed by atoms with E-state index in [0.717, 1.165) is 37.9 Å². The van der Waals surface area contributed by atoms with Gasteiger partial charge in [-0.2, -0.15) is 0 Å². The van der Waals surface area contributed by atoms with Gasteiger partial charge in [0.2, 0.25) is 0 Å². The molecule has 3 atom stereocenters. The van der Waals surface area contributed by atoms with Gasteiger partial charge in [-0.25, -0.2) is 0 Å². The summed E-state index contributed by atoms with van der Waals surface area (Å²) in [5.74, 6) is 0. The fourth-order valence-corrected chi connectivity index (χ4v) is 2.87. The van der Waals surface area contributed by atoms with Gasteiger partial charge in [-0.3, -0.25) is 4.90 Å². The zero-order valence-electron chi connectivity index (χ0n) is 11.7. The molecular formula is C16H25NO2. The van der Waals surface area contributed by atoms with Crippen LogP contribution in [0.5, 0.6) is 0 Å². The second-order valence-corrected chi connectivity index (χ2v) is 5.52. The van der Waals surface area contributed by atoms with Gasteiger partial charge >= 0.3 is 0 Å². The van der Waals surface area contributed by atoms with Crippen molar-refractivity contribution in [1.82, 2.24) is 4.90 Å². The molecule has 0 radical (unpaired) electrons. The lowest BCUT2D eigenvalue weighted by Crippen LogP contribution is -2.36. The summed E-state index contributed by atoms with van der Waals surface area (Å²) in [6.45, 7) is 3.79. The second kappa shape index (κ2) is 7.04. The molecule has 3 nitrogen and oxygen atoms in total. The van der Waals surface area contributed by atoms with Crippen molar-refractivity contribution in [3.05, 3.63) is 35.9 Å². The molecule has 1 aromatic carbocycles. The fraction of sp³-hybridized carbons (Fsp3) is 0.625. The Hall–Kier alpha value is -0.900. The van der Waals surface area contributed by atoms with Crippen LogP contribution in [0.15, 0.2) is 30.3 Å². The minimum atomic E-state index is -0.398. The molecule has 0 saturated carbocycles. The molecule has 0 bridgehead atoms. The maximum atomic E-state index is 10.3. The fourth-order valence-electron chi connectivity index (χ4n) is 2.87. The van der Waals surface area contributed by atoms with Gasteiger partial charge in [0.05, 0.1) is 12.2 Å². The van der Waals surface area contributed by atoms with E-state index in [1.165, 1.54) is 6.42 Å². The molecule has 1 aliphatic heterocycles. The van der Waals surface area contributed by atoms with Crippen LogP contribution in [-0.4, -0.2) is 40.3 Å². The van der Waals surface area contributed by atoms with Crippen LogP contribution in [0.2, 0.25) is 0 Å². The SMILES string of the molecule is CCC(O)CN1CCCC1CC(O)c1ccccc1. The van der Waals surface area contributed by atoms with Gasteiger partial charge in [0.15, 0.2) is 0 Å². The van der Waals surface area contributed by atoms with Crippen LogP contribution in [0.25, 0.3) is 0 Å². The molecule has 0 amide bonds. The first-order valence-corrected chi connectivity index (χ1v) is 7.35. The molecule has 1 aliphatic rings. The number of hydrogen-bond acceptors (Lipinski definition) is 3. The molecule has 1 saturated heterocycles. The average molecular weight is 263 g/mol. The summed E-state index contributed by atoms with van der Waals surface area (Å²) in [5, 5.41) is 20.1. The average Bonchev–Trinajstić information content (AvgIpc) is 2.86. The van der Waals surface area contributed by atoms with Crippen molar-refractivity contribution in [3.63, 3.8) is 0 Å². The topological polar surface area (TPSA) is 43.7 Å². The van der Waals surface area contributed by atoms with Crippen molar-refractivity contribution in [2.24, 2.45) is 0 Å². The Labute approximate surface area is 115 Å². The number of nitrogens with zero attached hydrogens (tertiary/aromatic N) is 1. The first-order chi connectivity index (χ1) is 9.20. The highest BCUT2D eigenvalue weighted by Crippen LogP contribution is 2.27. The van der Waals surface area contributed by atoms with Crippen molar-refractivity contribution in [1.29, 1.82) is 0 Å². The number of hydrogen-bond donors (Lipinski definition) is 2. The Kier molecular flexibility index (Phi) is 5.37. The molecule has 2 N–H and O–H groups in total. The van der Waals surface area contributed by atoms with E-state index in [-0.39, 0.29) is 6.10 Å². The van der Waals surface area contributed by atoms with Gasteiger partial charge in [0.1, 0.15) is 0 Å². The Balaban J connectivity index is 1.90. The molecule has 0 spiro atoms. The minimum Gasteiger partial charge on any atom is -0.392 e. The summed E-state index contributed by atoms with van der Waals surface area (Å²) < 4.78 is 0. The minimum absolute atomic E-state index is 0.241. The first kappa shape index (κ1) is 14.5. The van der Waals surface area contributed by atoms with E-state index in [1.54, 1.807) is 0 Å². The molecule has 1 heterocycles. The van der Waals surface area contributed by atoms with Crippen LogP contribution < -0.4 is 0 Å². The van der Waals surface area contributed by atoms with E-state index in [4.69, 9.17) is 0 Å². The molecule has 0 aromatic heterocycles. The third-order valence-electron chi connectivity index (χ3n) is 4.10. The molecule has 1 fully saturated rings. The summed E-state index contributed by atoms with van der Waals surface area (Å²) in [6.07, 6.45) is 3.22. The lowest BCUT2D eigenvalue weighted by atomic mass is 10.0. The van der Waals surface area contributed by atoms with Gasteiger partial charge in [-0.05, 0) is 37.8 Å². The zero-order chi connectivity index (χ0) is 13.7. The summed E-state index contributed by atoms with van der Waals surface area (Å²) in [4.78, 5) is 2.33. The Morgan fingerprint density at radius 3 is 2.68 bits per heavy atom. The van der Waals surface area contributed by atoms with Crippen molar-refractivity contribution in [3.8, 4) is 0 Å². The Morgan fingerprint density at radius 1 is 1.26 bits per heavy atom. The van der Waals surface area contributed by atoms with Crippen LogP contribution >= 0.6 is 0 Å². The molecule has 106 valence electrons. The lowest BCUT2D eigenvalue weighted by molar-refractivity contribution is 0.0768. The van der Waals surface area contributed by atoms with E-state index in [0.29, 0.717) is 6.04 Å². The number of aliphatic hydroxyl groups excluding tert-OH is 2. The summed E-state index contributed by atoms with van der Waals surface area (Å²) in [5.41, 5.74) is 0.991. The summed E-state index contributed by atoms with van der Waals surface area (Å²) in [7, 11) is 0. The highest BCUT2D eigenvalue weighted by atomic mass is 16.3. The number of benzene rings is 1. The molecule has 3 heteroatoms. The summed E-state index contributed by atoms with van der Waals surface area (Å²) >= 11 is 0. The zero-order valence-corrected chi connectivity index (χ0v) is 11.7. The third kappa shape index (κ3) is 4.03. The quantitative estimate of drug-likeness (QED) is 0.828.